The van der Waals surface area contributed by atoms with E-state index in [0.29, 0.717) is 5.69 Å². The molecular weight excluding hydrogens is 257 g/mol. The molecule has 0 aliphatic rings. The monoisotopic (exact) mass is 277 g/mol. The summed E-state index contributed by atoms with van der Waals surface area (Å²) >= 11 is 0. The van der Waals surface area contributed by atoms with Crippen molar-refractivity contribution in [2.45, 2.75) is 45.7 Å². The maximum atomic E-state index is 13.0. The van der Waals surface area contributed by atoms with E-state index in [9.17, 15) is 9.18 Å². The lowest BCUT2D eigenvalue weighted by Crippen LogP contribution is -2.48. The van der Waals surface area contributed by atoms with Crippen LogP contribution in [0.1, 0.15) is 39.7 Å². The summed E-state index contributed by atoms with van der Waals surface area (Å²) in [5.74, 6) is -0.638. The normalized spacial score (nSPS) is 12.4. The summed E-state index contributed by atoms with van der Waals surface area (Å²) in [5, 5.41) is 14.8. The van der Waals surface area contributed by atoms with Crippen LogP contribution in [-0.2, 0) is 4.79 Å². The quantitative estimate of drug-likeness (QED) is 0.869. The standard InChI is InChI=1S/C15H20FN3O/c1-5-15(3,4)19-14(20)10(2)18-13-7-6-12(16)8-11(13)9-17/h6-8,10,18H,5H2,1-4H3,(H,19,20). The highest BCUT2D eigenvalue weighted by molar-refractivity contribution is 5.85. The lowest BCUT2D eigenvalue weighted by molar-refractivity contribution is -0.123. The van der Waals surface area contributed by atoms with Gasteiger partial charge in [-0.05, 0) is 45.4 Å². The maximum absolute atomic E-state index is 13.0. The molecule has 0 aliphatic carbocycles. The Morgan fingerprint density at radius 1 is 1.50 bits per heavy atom. The summed E-state index contributed by atoms with van der Waals surface area (Å²) in [6.07, 6.45) is 0.811. The third-order valence-corrected chi connectivity index (χ3v) is 3.21. The van der Waals surface area contributed by atoms with Crippen molar-refractivity contribution in [1.82, 2.24) is 5.32 Å². The minimum absolute atomic E-state index is 0.162. The van der Waals surface area contributed by atoms with E-state index in [4.69, 9.17) is 5.26 Å². The van der Waals surface area contributed by atoms with Crippen LogP contribution < -0.4 is 10.6 Å². The number of nitrogens with zero attached hydrogens (tertiary/aromatic N) is 1. The van der Waals surface area contributed by atoms with E-state index in [1.165, 1.54) is 12.1 Å². The first-order chi connectivity index (χ1) is 9.29. The average Bonchev–Trinajstić information content (AvgIpc) is 2.40. The SMILES string of the molecule is CCC(C)(C)NC(=O)C(C)Nc1ccc(F)cc1C#N. The molecule has 1 amide bonds. The summed E-state index contributed by atoms with van der Waals surface area (Å²) in [6, 6.07) is 5.25. The fraction of sp³-hybridized carbons (Fsp3) is 0.467. The number of amides is 1. The number of hydrogen-bond acceptors (Lipinski definition) is 3. The molecule has 0 bridgehead atoms. The first kappa shape index (κ1) is 16.0. The number of halogens is 1. The van der Waals surface area contributed by atoms with Crippen LogP contribution in [-0.4, -0.2) is 17.5 Å². The van der Waals surface area contributed by atoms with Gasteiger partial charge in [-0.15, -0.1) is 0 Å². The van der Waals surface area contributed by atoms with Crippen LogP contribution in [0.15, 0.2) is 18.2 Å². The van der Waals surface area contributed by atoms with Gasteiger partial charge in [0.2, 0.25) is 5.91 Å². The van der Waals surface area contributed by atoms with Crippen molar-refractivity contribution >= 4 is 11.6 Å². The number of carbonyl (C=O) groups is 1. The number of nitriles is 1. The highest BCUT2D eigenvalue weighted by Crippen LogP contribution is 2.17. The molecule has 0 aliphatic heterocycles. The second-order valence-corrected chi connectivity index (χ2v) is 5.39. The van der Waals surface area contributed by atoms with Gasteiger partial charge in [0.15, 0.2) is 0 Å². The predicted octanol–water partition coefficient (Wildman–Crippen LogP) is 2.80. The molecule has 0 radical (unpaired) electrons. The molecule has 20 heavy (non-hydrogen) atoms. The topological polar surface area (TPSA) is 64.9 Å². The minimum Gasteiger partial charge on any atom is -0.373 e. The van der Waals surface area contributed by atoms with E-state index >= 15 is 0 Å². The average molecular weight is 277 g/mol. The molecule has 0 fully saturated rings. The molecule has 1 aromatic rings. The molecule has 0 aromatic heterocycles. The Kier molecular flexibility index (Phi) is 5.09. The Bertz CT molecular complexity index is 534. The Morgan fingerprint density at radius 2 is 2.15 bits per heavy atom. The van der Waals surface area contributed by atoms with Crippen LogP contribution in [0.2, 0.25) is 0 Å². The van der Waals surface area contributed by atoms with E-state index in [1.54, 1.807) is 6.92 Å². The molecule has 5 heteroatoms. The lowest BCUT2D eigenvalue weighted by Gasteiger charge is -2.27. The molecule has 1 aromatic carbocycles. The van der Waals surface area contributed by atoms with Crippen molar-refractivity contribution in [2.24, 2.45) is 0 Å². The van der Waals surface area contributed by atoms with Gasteiger partial charge in [0.1, 0.15) is 17.9 Å². The summed E-state index contributed by atoms with van der Waals surface area (Å²) in [7, 11) is 0. The van der Waals surface area contributed by atoms with E-state index in [0.717, 1.165) is 12.5 Å². The summed E-state index contributed by atoms with van der Waals surface area (Å²) in [6.45, 7) is 7.57. The van der Waals surface area contributed by atoms with E-state index < -0.39 is 11.9 Å². The summed E-state index contributed by atoms with van der Waals surface area (Å²) in [4.78, 5) is 12.1. The van der Waals surface area contributed by atoms with Crippen molar-refractivity contribution in [3.8, 4) is 6.07 Å². The van der Waals surface area contributed by atoms with Gasteiger partial charge in [0.25, 0.3) is 0 Å². The van der Waals surface area contributed by atoms with Crippen LogP contribution in [0, 0.1) is 17.1 Å². The number of carbonyl (C=O) groups excluding carboxylic acids is 1. The zero-order valence-electron chi connectivity index (χ0n) is 12.2. The van der Waals surface area contributed by atoms with Gasteiger partial charge in [-0.25, -0.2) is 4.39 Å². The first-order valence-corrected chi connectivity index (χ1v) is 6.57. The molecule has 0 heterocycles. The van der Waals surface area contributed by atoms with Crippen molar-refractivity contribution in [1.29, 1.82) is 5.26 Å². The highest BCUT2D eigenvalue weighted by Gasteiger charge is 2.22. The fourth-order valence-corrected chi connectivity index (χ4v) is 1.56. The smallest absolute Gasteiger partial charge is 0.242 e. The Labute approximate surface area is 119 Å². The molecule has 1 unspecified atom stereocenters. The van der Waals surface area contributed by atoms with Gasteiger partial charge < -0.3 is 10.6 Å². The Hall–Kier alpha value is -2.09. The van der Waals surface area contributed by atoms with Crippen LogP contribution in [0.5, 0.6) is 0 Å². The minimum atomic E-state index is -0.515. The third kappa shape index (κ3) is 4.23. The third-order valence-electron chi connectivity index (χ3n) is 3.21. The summed E-state index contributed by atoms with van der Waals surface area (Å²) in [5.41, 5.74) is 0.346. The van der Waals surface area contributed by atoms with Crippen LogP contribution in [0.4, 0.5) is 10.1 Å². The molecule has 1 rings (SSSR count). The van der Waals surface area contributed by atoms with Crippen LogP contribution in [0.3, 0.4) is 0 Å². The molecule has 0 spiro atoms. The zero-order chi connectivity index (χ0) is 15.3. The first-order valence-electron chi connectivity index (χ1n) is 6.57. The predicted molar refractivity (Wildman–Crippen MR) is 76.7 cm³/mol. The number of nitrogens with one attached hydrogen (secondary N) is 2. The van der Waals surface area contributed by atoms with Gasteiger partial charge in [0, 0.05) is 5.54 Å². The van der Waals surface area contributed by atoms with Gasteiger partial charge in [-0.2, -0.15) is 5.26 Å². The zero-order valence-corrected chi connectivity index (χ0v) is 12.2. The second-order valence-electron chi connectivity index (χ2n) is 5.39. The van der Waals surface area contributed by atoms with Crippen molar-refractivity contribution in [2.75, 3.05) is 5.32 Å². The van der Waals surface area contributed by atoms with E-state index in [-0.39, 0.29) is 17.0 Å². The Balaban J connectivity index is 2.79. The van der Waals surface area contributed by atoms with E-state index in [2.05, 4.69) is 10.6 Å². The van der Waals surface area contributed by atoms with Crippen LogP contribution in [0.25, 0.3) is 0 Å². The highest BCUT2D eigenvalue weighted by atomic mass is 19.1. The number of anilines is 1. The summed E-state index contributed by atoms with van der Waals surface area (Å²) < 4.78 is 13.0. The molecule has 2 N–H and O–H groups in total. The molecule has 0 saturated carbocycles. The molecular formula is C15H20FN3O. The number of rotatable bonds is 5. The van der Waals surface area contributed by atoms with Crippen molar-refractivity contribution in [3.63, 3.8) is 0 Å². The number of hydrogen-bond donors (Lipinski definition) is 2. The lowest BCUT2D eigenvalue weighted by atomic mass is 10.0. The van der Waals surface area contributed by atoms with Crippen molar-refractivity contribution < 1.29 is 9.18 Å². The Morgan fingerprint density at radius 3 is 2.70 bits per heavy atom. The van der Waals surface area contributed by atoms with Gasteiger partial charge in [-0.3, -0.25) is 4.79 Å². The molecule has 0 saturated heterocycles. The maximum Gasteiger partial charge on any atom is 0.242 e. The van der Waals surface area contributed by atoms with Crippen LogP contribution >= 0.6 is 0 Å². The fourth-order valence-electron chi connectivity index (χ4n) is 1.56. The van der Waals surface area contributed by atoms with Gasteiger partial charge in [-0.1, -0.05) is 6.92 Å². The van der Waals surface area contributed by atoms with Gasteiger partial charge >= 0.3 is 0 Å². The molecule has 4 nitrogen and oxygen atoms in total. The number of benzene rings is 1. The van der Waals surface area contributed by atoms with Crippen molar-refractivity contribution in [3.05, 3.63) is 29.6 Å². The molecule has 108 valence electrons. The largest absolute Gasteiger partial charge is 0.373 e. The van der Waals surface area contributed by atoms with E-state index in [1.807, 2.05) is 26.8 Å². The molecule has 1 atom stereocenters. The second kappa shape index (κ2) is 6.38. The van der Waals surface area contributed by atoms with Gasteiger partial charge in [0.05, 0.1) is 11.3 Å².